The Hall–Kier alpha value is -3.45. The van der Waals surface area contributed by atoms with Crippen molar-refractivity contribution in [1.29, 1.82) is 0 Å². The van der Waals surface area contributed by atoms with Gasteiger partial charge in [-0.1, -0.05) is 70.1 Å². The van der Waals surface area contributed by atoms with Crippen molar-refractivity contribution in [3.05, 3.63) is 70.5 Å². The van der Waals surface area contributed by atoms with Crippen molar-refractivity contribution in [3.63, 3.8) is 0 Å². The molecule has 4 N–H and O–H groups in total. The zero-order valence-electron chi connectivity index (χ0n) is 29.4. The van der Waals surface area contributed by atoms with Crippen molar-refractivity contribution in [3.8, 4) is 11.5 Å². The van der Waals surface area contributed by atoms with Crippen molar-refractivity contribution in [1.82, 2.24) is 0 Å². The highest BCUT2D eigenvalue weighted by Gasteiger charge is 2.72. The number of benzene rings is 1. The van der Waals surface area contributed by atoms with Crippen LogP contribution >= 0.6 is 0 Å². The van der Waals surface area contributed by atoms with Crippen molar-refractivity contribution in [2.75, 3.05) is 0 Å². The van der Waals surface area contributed by atoms with Crippen LogP contribution in [0.4, 0.5) is 0 Å². The number of rotatable bonds is 11. The third kappa shape index (κ3) is 6.40. The van der Waals surface area contributed by atoms with Crippen LogP contribution in [-0.2, 0) is 9.59 Å². The average molecular weight is 635 g/mol. The zero-order valence-corrected chi connectivity index (χ0v) is 29.4. The third-order valence-corrected chi connectivity index (χ3v) is 10.7. The molecule has 1 aromatic carbocycles. The lowest BCUT2D eigenvalue weighted by atomic mass is 9.39. The van der Waals surface area contributed by atoms with Gasteiger partial charge in [0, 0.05) is 5.56 Å². The number of aromatic hydroxyl groups is 2. The van der Waals surface area contributed by atoms with Gasteiger partial charge in [0.15, 0.2) is 28.8 Å². The highest BCUT2D eigenvalue weighted by molar-refractivity contribution is 6.35. The summed E-state index contributed by atoms with van der Waals surface area (Å²) in [6.07, 6.45) is 4.31. The second-order valence-corrected chi connectivity index (χ2v) is 15.9. The van der Waals surface area contributed by atoms with E-state index in [2.05, 4.69) is 12.7 Å². The average Bonchev–Trinajstić information content (AvgIpc) is 2.93. The second kappa shape index (κ2) is 13.0. The van der Waals surface area contributed by atoms with E-state index in [1.165, 1.54) is 6.07 Å². The van der Waals surface area contributed by atoms with Gasteiger partial charge in [-0.05, 0) is 108 Å². The molecule has 1 saturated carbocycles. The Kier molecular flexibility index (Phi) is 10.4. The van der Waals surface area contributed by atoms with Crippen LogP contribution in [0.2, 0.25) is 0 Å². The number of fused-ring (bicyclic) bond motifs is 2. The molecule has 7 heteroatoms. The molecule has 3 rings (SSSR count). The molecule has 1 aromatic rings. The predicted octanol–water partition coefficient (Wildman–Crippen LogP) is 8.36. The van der Waals surface area contributed by atoms with Crippen molar-refractivity contribution in [2.24, 2.45) is 33.5 Å². The smallest absolute Gasteiger partial charge is 0.200 e. The second-order valence-electron chi connectivity index (χ2n) is 15.9. The van der Waals surface area contributed by atoms with Gasteiger partial charge in [0.1, 0.15) is 16.7 Å². The largest absolute Gasteiger partial charge is 0.510 e. The minimum Gasteiger partial charge on any atom is -0.510 e. The maximum absolute atomic E-state index is 15.3. The number of phenolic OH excluding ortho intramolecular Hbond substituents is 2. The van der Waals surface area contributed by atoms with Crippen molar-refractivity contribution >= 4 is 17.3 Å². The summed E-state index contributed by atoms with van der Waals surface area (Å²) in [7, 11) is 0. The summed E-state index contributed by atoms with van der Waals surface area (Å²) in [5.41, 5.74) is -2.59. The standard InChI is InChI=1S/C39H54O7/c1-22(2)12-13-26(24(5)6)20-38-21-27(19-30(42)36(7,8)9)37(10,11)39(35(38)46,17-16-23(3)4)34(45)31(33(38)44)32(43)25-14-15-28(40)29(41)18-25/h12,14-16,18,26-27,30,40-42,44H,5,13,17,19-21H2,1-4,6-11H3/t26-,27+,30?,38+,39-/m0/s1. The molecule has 1 fully saturated rings. The highest BCUT2D eigenvalue weighted by atomic mass is 16.3. The van der Waals surface area contributed by atoms with E-state index in [0.717, 1.165) is 28.9 Å². The number of aliphatic hydroxyl groups excluding tert-OH is 2. The van der Waals surface area contributed by atoms with Crippen LogP contribution in [0.5, 0.6) is 11.5 Å². The number of aliphatic hydroxyl groups is 2. The first-order valence-corrected chi connectivity index (χ1v) is 16.2. The molecule has 0 aliphatic heterocycles. The number of ketones is 3. The minimum atomic E-state index is -1.73. The fourth-order valence-corrected chi connectivity index (χ4v) is 7.33. The van der Waals surface area contributed by atoms with Gasteiger partial charge in [-0.3, -0.25) is 14.4 Å². The molecule has 0 saturated heterocycles. The topological polar surface area (TPSA) is 132 Å². The molecule has 7 nitrogen and oxygen atoms in total. The molecule has 2 aliphatic rings. The number of Topliss-reactive ketones (excluding diaryl/α,β-unsaturated/α-hetero) is 3. The van der Waals surface area contributed by atoms with Gasteiger partial charge in [-0.15, -0.1) is 0 Å². The first-order chi connectivity index (χ1) is 21.0. The van der Waals surface area contributed by atoms with Crippen LogP contribution in [0.3, 0.4) is 0 Å². The first kappa shape index (κ1) is 37.0. The molecule has 0 heterocycles. The van der Waals surface area contributed by atoms with Crippen LogP contribution in [-0.4, -0.2) is 43.9 Å². The molecular formula is C39H54O7. The molecule has 0 aromatic heterocycles. The first-order valence-electron chi connectivity index (χ1n) is 16.2. The fraction of sp³-hybridized carbons (Fsp3) is 0.564. The van der Waals surface area contributed by atoms with E-state index in [-0.39, 0.29) is 36.7 Å². The summed E-state index contributed by atoms with van der Waals surface area (Å²) in [5.74, 6) is -4.13. The van der Waals surface area contributed by atoms with Gasteiger partial charge < -0.3 is 20.4 Å². The van der Waals surface area contributed by atoms with Crippen LogP contribution in [0.1, 0.15) is 112 Å². The monoisotopic (exact) mass is 634 g/mol. The van der Waals surface area contributed by atoms with Crippen LogP contribution in [0.25, 0.3) is 0 Å². The molecule has 252 valence electrons. The Bertz CT molecular complexity index is 1510. The summed E-state index contributed by atoms with van der Waals surface area (Å²) in [5, 5.41) is 43.8. The number of hydrogen-bond acceptors (Lipinski definition) is 7. The van der Waals surface area contributed by atoms with Gasteiger partial charge in [0.2, 0.25) is 0 Å². The SMILES string of the molecule is C=C(C)[C@@H](CC=C(C)C)C[C@@]12C[C@@H](CC(O)C(C)(C)C)C(C)(C)[C@@](CC=C(C)C)(C(=O)C(C(=O)c3ccc(O)c(O)c3)=C1O)C2=O. The molecule has 5 atom stereocenters. The molecule has 0 spiro atoms. The number of carbonyl (C=O) groups is 3. The Balaban J connectivity index is 2.47. The predicted molar refractivity (Wildman–Crippen MR) is 182 cm³/mol. The van der Waals surface area contributed by atoms with Gasteiger partial charge >= 0.3 is 0 Å². The number of hydrogen-bond donors (Lipinski definition) is 4. The van der Waals surface area contributed by atoms with E-state index in [0.29, 0.717) is 12.8 Å². The molecular weight excluding hydrogens is 580 g/mol. The van der Waals surface area contributed by atoms with E-state index >= 15 is 4.79 Å². The van der Waals surface area contributed by atoms with Crippen LogP contribution < -0.4 is 0 Å². The van der Waals surface area contributed by atoms with E-state index in [4.69, 9.17) is 0 Å². The van der Waals surface area contributed by atoms with Crippen molar-refractivity contribution in [2.45, 2.75) is 107 Å². The van der Waals surface area contributed by atoms with E-state index < -0.39 is 67.9 Å². The maximum Gasteiger partial charge on any atom is 0.200 e. The minimum absolute atomic E-state index is 0.0282. The van der Waals surface area contributed by atoms with Gasteiger partial charge in [-0.25, -0.2) is 0 Å². The maximum atomic E-state index is 15.3. The quantitative estimate of drug-likeness (QED) is 0.0632. The summed E-state index contributed by atoms with van der Waals surface area (Å²) in [6, 6.07) is 3.50. The normalized spacial score (nSPS) is 25.5. The third-order valence-electron chi connectivity index (χ3n) is 10.7. The van der Waals surface area contributed by atoms with Gasteiger partial charge in [0.05, 0.1) is 11.5 Å². The number of carbonyl (C=O) groups excluding carboxylic acids is 3. The van der Waals surface area contributed by atoms with Crippen LogP contribution in [0.15, 0.2) is 65.0 Å². The Labute approximate surface area is 274 Å². The fourth-order valence-electron chi connectivity index (χ4n) is 7.33. The lowest BCUT2D eigenvalue weighted by Crippen LogP contribution is -2.67. The van der Waals surface area contributed by atoms with Gasteiger partial charge in [0.25, 0.3) is 0 Å². The molecule has 1 unspecified atom stereocenters. The lowest BCUT2D eigenvalue weighted by molar-refractivity contribution is -0.175. The summed E-state index contributed by atoms with van der Waals surface area (Å²) >= 11 is 0. The summed E-state index contributed by atoms with van der Waals surface area (Å²) in [4.78, 5) is 44.5. The molecule has 0 amide bonds. The van der Waals surface area contributed by atoms with Crippen molar-refractivity contribution < 1.29 is 34.8 Å². The van der Waals surface area contributed by atoms with E-state index in [1.54, 1.807) is 0 Å². The Morgan fingerprint density at radius 3 is 2.09 bits per heavy atom. The Morgan fingerprint density at radius 2 is 1.59 bits per heavy atom. The summed E-state index contributed by atoms with van der Waals surface area (Å²) < 4.78 is 0. The lowest BCUT2D eigenvalue weighted by Gasteiger charge is -2.61. The zero-order chi connectivity index (χ0) is 35.2. The van der Waals surface area contributed by atoms with Crippen LogP contribution in [0, 0.1) is 33.5 Å². The summed E-state index contributed by atoms with van der Waals surface area (Å²) in [6.45, 7) is 23.4. The number of phenols is 2. The molecule has 0 radical (unpaired) electrons. The van der Waals surface area contributed by atoms with E-state index in [9.17, 15) is 30.0 Å². The number of allylic oxidation sites excluding steroid dienone is 7. The molecule has 2 aliphatic carbocycles. The van der Waals surface area contributed by atoms with E-state index in [1.807, 2.05) is 75.3 Å². The Morgan fingerprint density at radius 1 is 1.00 bits per heavy atom. The highest BCUT2D eigenvalue weighted by Crippen LogP contribution is 2.67. The molecule has 2 bridgehead atoms. The van der Waals surface area contributed by atoms with Gasteiger partial charge in [-0.2, -0.15) is 0 Å². The molecule has 46 heavy (non-hydrogen) atoms.